The van der Waals surface area contributed by atoms with E-state index in [-0.39, 0.29) is 37.7 Å². The molecule has 0 aromatic rings. The average Bonchev–Trinajstić information content (AvgIpc) is 1.35. The van der Waals surface area contributed by atoms with Crippen LogP contribution in [0.25, 0.3) is 0 Å². The standard InChI is InChI=1S/C2H4O3S.Ca/c1-2-6(3,4)5;/h2H,1H2,(H,3,4,5);. The van der Waals surface area contributed by atoms with E-state index < -0.39 is 10.1 Å². The second-order valence-corrected chi connectivity index (χ2v) is 2.04. The van der Waals surface area contributed by atoms with Crippen molar-refractivity contribution in [2.24, 2.45) is 0 Å². The van der Waals surface area contributed by atoms with E-state index >= 15 is 0 Å². The van der Waals surface area contributed by atoms with Gasteiger partial charge in [0.15, 0.2) is 0 Å². The first-order valence-electron chi connectivity index (χ1n) is 1.16. The third-order valence-corrected chi connectivity index (χ3v) is 0.632. The fourth-order valence-corrected chi connectivity index (χ4v) is 0. The van der Waals surface area contributed by atoms with E-state index in [1.807, 2.05) is 0 Å². The van der Waals surface area contributed by atoms with Gasteiger partial charge in [0.25, 0.3) is 10.1 Å². The van der Waals surface area contributed by atoms with Crippen molar-refractivity contribution < 1.29 is 13.0 Å². The molecule has 5 heteroatoms. The van der Waals surface area contributed by atoms with Gasteiger partial charge in [-0.1, -0.05) is 6.58 Å². The van der Waals surface area contributed by atoms with Gasteiger partial charge < -0.3 is 0 Å². The largest absolute Gasteiger partial charge is 0.287 e. The Kier molecular flexibility index (Phi) is 5.96. The molecule has 0 saturated carbocycles. The van der Waals surface area contributed by atoms with Crippen LogP contribution in [0.5, 0.6) is 0 Å². The van der Waals surface area contributed by atoms with Crippen LogP contribution in [0.15, 0.2) is 12.0 Å². The molecule has 0 amide bonds. The SMILES string of the molecule is C=CS(=O)(=O)O.[Ca]. The fraction of sp³-hybridized carbons (Fsp3) is 0. The van der Waals surface area contributed by atoms with Gasteiger partial charge in [-0.3, -0.25) is 4.55 Å². The first-order valence-corrected chi connectivity index (χ1v) is 2.66. The Bertz CT molecular complexity index is 123. The van der Waals surface area contributed by atoms with Crippen LogP contribution in [0.4, 0.5) is 0 Å². The molecular weight excluding hydrogens is 144 g/mol. The molecule has 0 aliphatic carbocycles. The van der Waals surface area contributed by atoms with E-state index in [9.17, 15) is 8.42 Å². The smallest absolute Gasteiger partial charge is 0.282 e. The summed E-state index contributed by atoms with van der Waals surface area (Å²) in [7, 11) is -3.90. The van der Waals surface area contributed by atoms with E-state index in [0.29, 0.717) is 5.41 Å². The number of rotatable bonds is 1. The molecule has 1 N–H and O–H groups in total. The third kappa shape index (κ3) is 10.9. The topological polar surface area (TPSA) is 54.4 Å². The summed E-state index contributed by atoms with van der Waals surface area (Å²) in [5.41, 5.74) is 0. The van der Waals surface area contributed by atoms with Gasteiger partial charge >= 0.3 is 0 Å². The summed E-state index contributed by atoms with van der Waals surface area (Å²) in [6, 6.07) is 0. The Morgan fingerprint density at radius 3 is 1.71 bits per heavy atom. The minimum absolute atomic E-state index is 0. The van der Waals surface area contributed by atoms with E-state index in [4.69, 9.17) is 4.55 Å². The minimum atomic E-state index is -3.90. The van der Waals surface area contributed by atoms with Crippen LogP contribution in [-0.4, -0.2) is 50.7 Å². The summed E-state index contributed by atoms with van der Waals surface area (Å²) in [5.74, 6) is 0. The van der Waals surface area contributed by atoms with Crippen molar-refractivity contribution in [1.82, 2.24) is 0 Å². The molecule has 2 radical (unpaired) electrons. The maximum absolute atomic E-state index is 9.44. The molecule has 0 rings (SSSR count). The molecule has 38 valence electrons. The van der Waals surface area contributed by atoms with E-state index in [0.717, 1.165) is 0 Å². The molecule has 0 bridgehead atoms. The predicted molar refractivity (Wildman–Crippen MR) is 27.5 cm³/mol. The zero-order chi connectivity index (χ0) is 5.21. The first-order chi connectivity index (χ1) is 2.56. The molecule has 7 heavy (non-hydrogen) atoms. The molecule has 0 saturated heterocycles. The Balaban J connectivity index is 0. The fourth-order valence-electron chi connectivity index (χ4n) is 0. The molecule has 0 atom stereocenters. The minimum Gasteiger partial charge on any atom is -0.282 e. The van der Waals surface area contributed by atoms with Crippen LogP contribution in [0.1, 0.15) is 0 Å². The summed E-state index contributed by atoms with van der Waals surface area (Å²) in [5, 5.41) is 0.465. The van der Waals surface area contributed by atoms with E-state index in [1.165, 1.54) is 0 Å². The van der Waals surface area contributed by atoms with Crippen molar-refractivity contribution in [2.75, 3.05) is 0 Å². The van der Waals surface area contributed by atoms with Gasteiger partial charge in [-0.15, -0.1) is 0 Å². The van der Waals surface area contributed by atoms with Crippen molar-refractivity contribution in [2.45, 2.75) is 0 Å². The molecular formula is C2H4CaO3S. The van der Waals surface area contributed by atoms with Crippen molar-refractivity contribution in [1.29, 1.82) is 0 Å². The van der Waals surface area contributed by atoms with Gasteiger partial charge in [0, 0.05) is 37.7 Å². The average molecular weight is 148 g/mol. The van der Waals surface area contributed by atoms with Crippen molar-refractivity contribution >= 4 is 47.9 Å². The van der Waals surface area contributed by atoms with Crippen LogP contribution in [-0.2, 0) is 10.1 Å². The summed E-state index contributed by atoms with van der Waals surface area (Å²) in [6.45, 7) is 2.79. The Labute approximate surface area is 72.2 Å². The Hall–Kier alpha value is 0.910. The van der Waals surface area contributed by atoms with Gasteiger partial charge in [-0.05, 0) is 0 Å². The normalized spacial score (nSPS) is 9.29. The molecule has 0 aliphatic rings. The summed E-state index contributed by atoms with van der Waals surface area (Å²) in [6.07, 6.45) is 0. The molecule has 0 spiro atoms. The summed E-state index contributed by atoms with van der Waals surface area (Å²) in [4.78, 5) is 0. The van der Waals surface area contributed by atoms with Gasteiger partial charge in [0.05, 0.1) is 5.41 Å². The summed E-state index contributed by atoms with van der Waals surface area (Å²) < 4.78 is 26.6. The number of hydrogen-bond donors (Lipinski definition) is 1. The molecule has 0 aromatic carbocycles. The number of hydrogen-bond acceptors (Lipinski definition) is 2. The molecule has 0 aromatic heterocycles. The van der Waals surface area contributed by atoms with Crippen LogP contribution < -0.4 is 0 Å². The molecule has 3 nitrogen and oxygen atoms in total. The maximum atomic E-state index is 9.44. The van der Waals surface area contributed by atoms with Gasteiger partial charge in [0.1, 0.15) is 0 Å². The zero-order valence-electron chi connectivity index (χ0n) is 3.66. The third-order valence-electron chi connectivity index (χ3n) is 0.211. The first kappa shape index (κ1) is 10.8. The quantitative estimate of drug-likeness (QED) is 0.408. The Morgan fingerprint density at radius 1 is 1.57 bits per heavy atom. The molecule has 0 fully saturated rings. The van der Waals surface area contributed by atoms with Crippen LogP contribution in [0, 0.1) is 0 Å². The molecule has 0 aliphatic heterocycles. The second kappa shape index (κ2) is 3.86. The predicted octanol–water partition coefficient (Wildman–Crippen LogP) is -0.363. The van der Waals surface area contributed by atoms with Gasteiger partial charge in [0.2, 0.25) is 0 Å². The summed E-state index contributed by atoms with van der Waals surface area (Å²) >= 11 is 0. The zero-order valence-corrected chi connectivity index (χ0v) is 6.69. The van der Waals surface area contributed by atoms with Crippen LogP contribution in [0.2, 0.25) is 0 Å². The van der Waals surface area contributed by atoms with Crippen molar-refractivity contribution in [3.63, 3.8) is 0 Å². The second-order valence-electron chi connectivity index (χ2n) is 0.682. The maximum Gasteiger partial charge on any atom is 0.287 e. The molecule has 0 heterocycles. The van der Waals surface area contributed by atoms with E-state index in [1.54, 1.807) is 0 Å². The van der Waals surface area contributed by atoms with Crippen LogP contribution >= 0.6 is 0 Å². The van der Waals surface area contributed by atoms with Gasteiger partial charge in [-0.25, -0.2) is 0 Å². The van der Waals surface area contributed by atoms with Gasteiger partial charge in [-0.2, -0.15) is 8.42 Å². The van der Waals surface area contributed by atoms with E-state index in [2.05, 4.69) is 6.58 Å². The van der Waals surface area contributed by atoms with Crippen molar-refractivity contribution in [3.8, 4) is 0 Å². The monoisotopic (exact) mass is 148 g/mol. The van der Waals surface area contributed by atoms with Crippen LogP contribution in [0.3, 0.4) is 0 Å². The molecule has 0 unspecified atom stereocenters. The Morgan fingerprint density at radius 2 is 1.71 bits per heavy atom. The van der Waals surface area contributed by atoms with Crippen molar-refractivity contribution in [3.05, 3.63) is 12.0 Å².